The van der Waals surface area contributed by atoms with Crippen LogP contribution in [0, 0.1) is 5.82 Å². The number of anilines is 4. The molecular formula is C22H30FN7. The van der Waals surface area contributed by atoms with Crippen molar-refractivity contribution < 1.29 is 4.39 Å². The molecule has 1 aromatic carbocycles. The van der Waals surface area contributed by atoms with E-state index >= 15 is 0 Å². The highest BCUT2D eigenvalue weighted by molar-refractivity contribution is 5.93. The third-order valence-electron chi connectivity index (χ3n) is 4.91. The third-order valence-corrected chi connectivity index (χ3v) is 4.91. The maximum atomic E-state index is 13.8. The molecular weight excluding hydrogens is 381 g/mol. The zero-order valence-electron chi connectivity index (χ0n) is 17.6. The first-order valence-corrected chi connectivity index (χ1v) is 10.4. The first kappa shape index (κ1) is 21.4. The Morgan fingerprint density at radius 3 is 2.63 bits per heavy atom. The number of hydrogen-bond acceptors (Lipinski definition) is 6. The highest BCUT2D eigenvalue weighted by Gasteiger charge is 2.14. The van der Waals surface area contributed by atoms with Crippen molar-refractivity contribution in [2.45, 2.75) is 46.1 Å². The predicted molar refractivity (Wildman–Crippen MR) is 123 cm³/mol. The van der Waals surface area contributed by atoms with E-state index in [0.717, 1.165) is 61.2 Å². The van der Waals surface area contributed by atoms with Crippen molar-refractivity contribution in [3.05, 3.63) is 42.2 Å². The number of nitrogens with two attached hydrogens (primary N) is 2. The van der Waals surface area contributed by atoms with Crippen LogP contribution in [-0.2, 0) is 6.54 Å². The van der Waals surface area contributed by atoms with E-state index in [-0.39, 0.29) is 11.5 Å². The summed E-state index contributed by atoms with van der Waals surface area (Å²) in [5.74, 6) is 0.392. The second-order valence-electron chi connectivity index (χ2n) is 7.34. The Morgan fingerprint density at radius 2 is 1.93 bits per heavy atom. The standard InChI is InChI=1S/C22H30FN7/c1-4-6-10-26-21-17-12-15(8-9-19(17)30(29-21)11-7-5-2)27-22-16(14(3)24)13-18(23)20(25)28-22/h8-9,12-13H,3-7,10-11,24H2,1-2H3,(H,26,29)(H3,25,27,28). The van der Waals surface area contributed by atoms with E-state index in [1.165, 1.54) is 6.07 Å². The lowest BCUT2D eigenvalue weighted by Gasteiger charge is -2.13. The molecule has 0 fully saturated rings. The fraction of sp³-hybridized carbons (Fsp3) is 0.364. The van der Waals surface area contributed by atoms with E-state index in [0.29, 0.717) is 11.4 Å². The molecule has 0 spiro atoms. The van der Waals surface area contributed by atoms with Gasteiger partial charge in [-0.05, 0) is 37.1 Å². The van der Waals surface area contributed by atoms with Crippen LogP contribution in [0.3, 0.4) is 0 Å². The molecule has 7 nitrogen and oxygen atoms in total. The summed E-state index contributed by atoms with van der Waals surface area (Å²) in [7, 11) is 0. The number of nitrogens with one attached hydrogen (secondary N) is 2. The molecule has 160 valence electrons. The highest BCUT2D eigenvalue weighted by Crippen LogP contribution is 2.30. The molecule has 0 aliphatic rings. The summed E-state index contributed by atoms with van der Waals surface area (Å²) in [5.41, 5.74) is 13.9. The minimum absolute atomic E-state index is 0.196. The summed E-state index contributed by atoms with van der Waals surface area (Å²) in [5, 5.41) is 12.4. The quantitative estimate of drug-likeness (QED) is 0.356. The van der Waals surface area contributed by atoms with Gasteiger partial charge in [-0.3, -0.25) is 4.68 Å². The van der Waals surface area contributed by atoms with E-state index in [1.807, 2.05) is 22.9 Å². The Kier molecular flexibility index (Phi) is 6.76. The number of aryl methyl sites for hydroxylation is 1. The van der Waals surface area contributed by atoms with Gasteiger partial charge in [-0.15, -0.1) is 0 Å². The van der Waals surface area contributed by atoms with E-state index in [9.17, 15) is 4.39 Å². The van der Waals surface area contributed by atoms with Gasteiger partial charge in [0.2, 0.25) is 0 Å². The number of hydrogen-bond donors (Lipinski definition) is 4. The molecule has 6 N–H and O–H groups in total. The van der Waals surface area contributed by atoms with Crippen molar-refractivity contribution >= 4 is 39.7 Å². The van der Waals surface area contributed by atoms with Crippen LogP contribution in [0.4, 0.5) is 27.5 Å². The van der Waals surface area contributed by atoms with Crippen LogP contribution in [-0.4, -0.2) is 21.3 Å². The number of unbranched alkanes of at least 4 members (excludes halogenated alkanes) is 2. The average molecular weight is 412 g/mol. The molecule has 0 saturated carbocycles. The lowest BCUT2D eigenvalue weighted by molar-refractivity contribution is 0.589. The van der Waals surface area contributed by atoms with Gasteiger partial charge in [0.25, 0.3) is 0 Å². The van der Waals surface area contributed by atoms with Crippen LogP contribution < -0.4 is 22.1 Å². The summed E-state index contributed by atoms with van der Waals surface area (Å²) in [6.07, 6.45) is 4.34. The number of rotatable bonds is 10. The van der Waals surface area contributed by atoms with Crippen molar-refractivity contribution in [3.63, 3.8) is 0 Å². The van der Waals surface area contributed by atoms with E-state index in [2.05, 4.69) is 36.0 Å². The number of nitrogens with zero attached hydrogens (tertiary/aromatic N) is 3. The van der Waals surface area contributed by atoms with Crippen LogP contribution in [0.5, 0.6) is 0 Å². The molecule has 0 amide bonds. The van der Waals surface area contributed by atoms with Gasteiger partial charge in [-0.2, -0.15) is 5.10 Å². The maximum Gasteiger partial charge on any atom is 0.166 e. The minimum atomic E-state index is -0.628. The zero-order valence-corrected chi connectivity index (χ0v) is 17.6. The Morgan fingerprint density at radius 1 is 1.17 bits per heavy atom. The monoisotopic (exact) mass is 411 g/mol. The van der Waals surface area contributed by atoms with Gasteiger partial charge in [0, 0.05) is 35.4 Å². The van der Waals surface area contributed by atoms with Crippen molar-refractivity contribution in [1.82, 2.24) is 14.8 Å². The lowest BCUT2D eigenvalue weighted by atomic mass is 10.1. The molecule has 0 saturated heterocycles. The summed E-state index contributed by atoms with van der Waals surface area (Å²) >= 11 is 0. The lowest BCUT2D eigenvalue weighted by Crippen LogP contribution is -2.07. The minimum Gasteiger partial charge on any atom is -0.399 e. The van der Waals surface area contributed by atoms with Crippen molar-refractivity contribution in [2.24, 2.45) is 5.73 Å². The smallest absolute Gasteiger partial charge is 0.166 e. The topological polar surface area (TPSA) is 107 Å². The Hall–Kier alpha value is -3.29. The largest absolute Gasteiger partial charge is 0.399 e. The average Bonchev–Trinajstić information content (AvgIpc) is 3.06. The van der Waals surface area contributed by atoms with E-state index < -0.39 is 5.82 Å². The fourth-order valence-electron chi connectivity index (χ4n) is 3.23. The molecule has 0 atom stereocenters. The van der Waals surface area contributed by atoms with Crippen molar-refractivity contribution in [2.75, 3.05) is 22.9 Å². The molecule has 2 heterocycles. The maximum absolute atomic E-state index is 13.8. The van der Waals surface area contributed by atoms with Crippen LogP contribution in [0.25, 0.3) is 16.6 Å². The molecule has 8 heteroatoms. The van der Waals surface area contributed by atoms with Gasteiger partial charge in [-0.1, -0.05) is 33.3 Å². The second kappa shape index (κ2) is 9.47. The molecule has 0 radical (unpaired) electrons. The molecule has 0 unspecified atom stereocenters. The van der Waals surface area contributed by atoms with Crippen LogP contribution in [0.1, 0.15) is 45.1 Å². The highest BCUT2D eigenvalue weighted by atomic mass is 19.1. The third kappa shape index (κ3) is 4.64. The van der Waals surface area contributed by atoms with Gasteiger partial charge in [0.05, 0.1) is 5.52 Å². The summed E-state index contributed by atoms with van der Waals surface area (Å²) in [6, 6.07) is 7.21. The first-order chi connectivity index (χ1) is 14.4. The van der Waals surface area contributed by atoms with Gasteiger partial charge >= 0.3 is 0 Å². The van der Waals surface area contributed by atoms with Crippen molar-refractivity contribution in [1.29, 1.82) is 0 Å². The number of aromatic nitrogens is 3. The van der Waals surface area contributed by atoms with E-state index in [4.69, 9.17) is 16.6 Å². The number of benzene rings is 1. The number of nitrogen functional groups attached to an aromatic ring is 1. The van der Waals surface area contributed by atoms with Gasteiger partial charge in [0.1, 0.15) is 5.82 Å². The molecule has 30 heavy (non-hydrogen) atoms. The first-order valence-electron chi connectivity index (χ1n) is 10.4. The Bertz CT molecular complexity index is 1040. The van der Waals surface area contributed by atoms with Crippen molar-refractivity contribution in [3.8, 4) is 0 Å². The number of pyridine rings is 1. The molecule has 0 aliphatic heterocycles. The van der Waals surface area contributed by atoms with Crippen LogP contribution >= 0.6 is 0 Å². The Balaban J connectivity index is 1.98. The number of halogens is 1. The summed E-state index contributed by atoms with van der Waals surface area (Å²) in [6.45, 7) is 9.75. The Labute approximate surface area is 176 Å². The van der Waals surface area contributed by atoms with Gasteiger partial charge < -0.3 is 22.1 Å². The van der Waals surface area contributed by atoms with Gasteiger partial charge in [0.15, 0.2) is 17.5 Å². The van der Waals surface area contributed by atoms with Crippen LogP contribution in [0.15, 0.2) is 30.8 Å². The predicted octanol–water partition coefficient (Wildman–Crippen LogP) is 4.84. The normalized spacial score (nSPS) is 11.0. The molecule has 0 bridgehead atoms. The van der Waals surface area contributed by atoms with E-state index in [1.54, 1.807) is 0 Å². The summed E-state index contributed by atoms with van der Waals surface area (Å²) < 4.78 is 15.9. The number of fused-ring (bicyclic) bond motifs is 1. The molecule has 3 rings (SSSR count). The van der Waals surface area contributed by atoms with Crippen LogP contribution in [0.2, 0.25) is 0 Å². The second-order valence-corrected chi connectivity index (χ2v) is 7.34. The fourth-order valence-corrected chi connectivity index (χ4v) is 3.23. The van der Waals surface area contributed by atoms with Gasteiger partial charge in [-0.25, -0.2) is 9.37 Å². The summed E-state index contributed by atoms with van der Waals surface area (Å²) in [4.78, 5) is 4.11. The zero-order chi connectivity index (χ0) is 21.7. The molecule has 2 aromatic heterocycles. The SMILES string of the molecule is C=C(N)c1cc(F)c(N)nc1Nc1ccc2c(c1)c(NCCCC)nn2CCCC. The molecule has 0 aliphatic carbocycles. The molecule has 3 aromatic rings.